The van der Waals surface area contributed by atoms with E-state index in [1.54, 1.807) is 0 Å². The number of methoxy groups -OCH3 is 1. The predicted molar refractivity (Wildman–Crippen MR) is 122 cm³/mol. The summed E-state index contributed by atoms with van der Waals surface area (Å²) in [5.74, 6) is 0.775. The van der Waals surface area contributed by atoms with Gasteiger partial charge in [0.15, 0.2) is 5.96 Å². The molecule has 0 aromatic rings. The fraction of sp³-hybridized carbons (Fsp3) is 0.900. The average molecular weight is 497 g/mol. The first-order chi connectivity index (χ1) is 12.8. The van der Waals surface area contributed by atoms with E-state index in [9.17, 15) is 4.79 Å². The van der Waals surface area contributed by atoms with Gasteiger partial charge in [-0.2, -0.15) is 0 Å². The topological polar surface area (TPSA) is 72.0 Å². The van der Waals surface area contributed by atoms with Gasteiger partial charge in [0.05, 0.1) is 13.2 Å². The molecule has 0 saturated heterocycles. The van der Waals surface area contributed by atoms with Crippen LogP contribution in [0.25, 0.3) is 0 Å². The van der Waals surface area contributed by atoms with Gasteiger partial charge in [-0.1, -0.05) is 32.1 Å². The number of rotatable bonds is 13. The van der Waals surface area contributed by atoms with Crippen molar-refractivity contribution in [2.75, 3.05) is 33.4 Å². The lowest BCUT2D eigenvalue weighted by molar-refractivity contribution is -0.140. The summed E-state index contributed by atoms with van der Waals surface area (Å²) >= 11 is 0. The van der Waals surface area contributed by atoms with Crippen molar-refractivity contribution in [3.63, 3.8) is 0 Å². The van der Waals surface area contributed by atoms with Crippen LogP contribution in [0, 0.1) is 0 Å². The maximum absolute atomic E-state index is 11.0. The Balaban J connectivity index is 0.00000676. The normalized spacial score (nSPS) is 15.1. The predicted octanol–water partition coefficient (Wildman–Crippen LogP) is 4.02. The van der Waals surface area contributed by atoms with Crippen LogP contribution in [0.15, 0.2) is 4.99 Å². The van der Waals surface area contributed by atoms with Gasteiger partial charge in [0, 0.05) is 32.7 Å². The molecule has 6 nitrogen and oxygen atoms in total. The van der Waals surface area contributed by atoms with E-state index in [0.717, 1.165) is 64.3 Å². The Kier molecular flexibility index (Phi) is 18.4. The summed E-state index contributed by atoms with van der Waals surface area (Å²) in [4.78, 5) is 15.6. The molecule has 0 aromatic carbocycles. The maximum Gasteiger partial charge on any atom is 0.305 e. The van der Waals surface area contributed by atoms with Gasteiger partial charge in [0.2, 0.25) is 0 Å². The first-order valence-electron chi connectivity index (χ1n) is 10.5. The number of guanidine groups is 1. The number of aliphatic imine (C=N–C) groups is 1. The number of carbonyl (C=O) groups excluding carboxylic acids is 1. The molecular formula is C20H40IN3O3. The number of nitrogens with zero attached hydrogens (tertiary/aromatic N) is 1. The van der Waals surface area contributed by atoms with Crippen LogP contribution in [0.5, 0.6) is 0 Å². The molecule has 1 aliphatic carbocycles. The average Bonchev–Trinajstić information content (AvgIpc) is 2.67. The molecule has 1 saturated carbocycles. The van der Waals surface area contributed by atoms with Crippen LogP contribution in [-0.4, -0.2) is 51.4 Å². The van der Waals surface area contributed by atoms with Gasteiger partial charge in [-0.15, -0.1) is 24.0 Å². The molecule has 0 bridgehead atoms. The number of nitrogens with one attached hydrogen (secondary N) is 2. The standard InChI is InChI=1S/C20H39N3O3.HI/c1-3-21-20(22-15-10-5-4-9-14-19(24)25-2)23-16-11-17-26-18-12-7-6-8-13-18;/h18H,3-17H2,1-2H3,(H2,21,22,23);1H. The zero-order valence-electron chi connectivity index (χ0n) is 17.3. The van der Waals surface area contributed by atoms with Crippen molar-refractivity contribution in [1.29, 1.82) is 0 Å². The summed E-state index contributed by atoms with van der Waals surface area (Å²) < 4.78 is 10.6. The van der Waals surface area contributed by atoms with Gasteiger partial charge in [0.25, 0.3) is 0 Å². The van der Waals surface area contributed by atoms with E-state index in [4.69, 9.17) is 4.74 Å². The lowest BCUT2D eigenvalue weighted by Gasteiger charge is -2.21. The molecular weight excluding hydrogens is 457 g/mol. The van der Waals surface area contributed by atoms with Gasteiger partial charge in [-0.3, -0.25) is 9.79 Å². The molecule has 0 unspecified atom stereocenters. The summed E-state index contributed by atoms with van der Waals surface area (Å²) in [5.41, 5.74) is 0. The summed E-state index contributed by atoms with van der Waals surface area (Å²) in [6, 6.07) is 0. The molecule has 0 spiro atoms. The van der Waals surface area contributed by atoms with E-state index in [0.29, 0.717) is 12.5 Å². The molecule has 0 amide bonds. The number of unbranched alkanes of at least 4 members (excludes halogenated alkanes) is 3. The Morgan fingerprint density at radius 3 is 2.48 bits per heavy atom. The number of hydrogen-bond donors (Lipinski definition) is 2. The highest BCUT2D eigenvalue weighted by molar-refractivity contribution is 14.0. The van der Waals surface area contributed by atoms with E-state index in [1.165, 1.54) is 39.2 Å². The van der Waals surface area contributed by atoms with E-state index >= 15 is 0 Å². The van der Waals surface area contributed by atoms with Crippen LogP contribution in [0.4, 0.5) is 0 Å². The number of carbonyl (C=O) groups is 1. The van der Waals surface area contributed by atoms with Crippen molar-refractivity contribution in [3.8, 4) is 0 Å². The molecule has 0 aromatic heterocycles. The second kappa shape index (κ2) is 18.8. The third kappa shape index (κ3) is 15.1. The Labute approximate surface area is 182 Å². The molecule has 1 fully saturated rings. The van der Waals surface area contributed by atoms with Crippen LogP contribution in [-0.2, 0) is 14.3 Å². The molecule has 1 aliphatic rings. The van der Waals surface area contributed by atoms with Crippen LogP contribution in [0.1, 0.15) is 77.6 Å². The smallest absolute Gasteiger partial charge is 0.305 e. The van der Waals surface area contributed by atoms with Crippen molar-refractivity contribution < 1.29 is 14.3 Å². The Morgan fingerprint density at radius 2 is 1.78 bits per heavy atom. The summed E-state index contributed by atoms with van der Waals surface area (Å²) in [7, 11) is 1.44. The highest BCUT2D eigenvalue weighted by atomic mass is 127. The van der Waals surface area contributed by atoms with E-state index < -0.39 is 0 Å². The third-order valence-corrected chi connectivity index (χ3v) is 4.65. The summed E-state index contributed by atoms with van der Waals surface area (Å²) in [6.45, 7) is 5.46. The van der Waals surface area contributed by atoms with E-state index in [-0.39, 0.29) is 29.9 Å². The highest BCUT2D eigenvalue weighted by Crippen LogP contribution is 2.20. The van der Waals surface area contributed by atoms with Crippen molar-refractivity contribution in [2.24, 2.45) is 4.99 Å². The summed E-state index contributed by atoms with van der Waals surface area (Å²) in [5, 5.41) is 6.66. The number of halogens is 1. The molecule has 1 rings (SSSR count). The molecule has 0 aliphatic heterocycles. The first-order valence-corrected chi connectivity index (χ1v) is 10.5. The summed E-state index contributed by atoms with van der Waals surface area (Å²) in [6.07, 6.45) is 12.6. The molecule has 2 N–H and O–H groups in total. The second-order valence-electron chi connectivity index (χ2n) is 6.91. The van der Waals surface area contributed by atoms with Crippen LogP contribution in [0.3, 0.4) is 0 Å². The van der Waals surface area contributed by atoms with Gasteiger partial charge in [0.1, 0.15) is 0 Å². The van der Waals surface area contributed by atoms with Crippen molar-refractivity contribution in [2.45, 2.75) is 83.7 Å². The Morgan fingerprint density at radius 1 is 1.04 bits per heavy atom. The lowest BCUT2D eigenvalue weighted by atomic mass is 9.98. The van der Waals surface area contributed by atoms with Gasteiger partial charge in [-0.25, -0.2) is 0 Å². The monoisotopic (exact) mass is 497 g/mol. The first kappa shape index (κ1) is 26.4. The van der Waals surface area contributed by atoms with Crippen molar-refractivity contribution in [3.05, 3.63) is 0 Å². The fourth-order valence-corrected chi connectivity index (χ4v) is 3.14. The van der Waals surface area contributed by atoms with Crippen molar-refractivity contribution in [1.82, 2.24) is 10.6 Å². The van der Waals surface area contributed by atoms with Crippen LogP contribution in [0.2, 0.25) is 0 Å². The number of ether oxygens (including phenoxy) is 2. The second-order valence-corrected chi connectivity index (χ2v) is 6.91. The van der Waals surface area contributed by atoms with Gasteiger partial charge < -0.3 is 20.1 Å². The highest BCUT2D eigenvalue weighted by Gasteiger charge is 2.12. The molecule has 0 heterocycles. The molecule has 160 valence electrons. The molecule has 7 heteroatoms. The SMILES string of the molecule is CCNC(=NCCCOC1CCCCC1)NCCCCCCC(=O)OC.I. The third-order valence-electron chi connectivity index (χ3n) is 4.65. The zero-order chi connectivity index (χ0) is 18.9. The maximum atomic E-state index is 11.0. The molecule has 0 radical (unpaired) electrons. The zero-order valence-corrected chi connectivity index (χ0v) is 19.6. The fourth-order valence-electron chi connectivity index (χ4n) is 3.14. The van der Waals surface area contributed by atoms with E-state index in [2.05, 4.69) is 27.3 Å². The quantitative estimate of drug-likeness (QED) is 0.132. The number of hydrogen-bond acceptors (Lipinski definition) is 4. The molecule has 27 heavy (non-hydrogen) atoms. The van der Waals surface area contributed by atoms with E-state index in [1.807, 2.05) is 0 Å². The minimum atomic E-state index is -0.114. The largest absolute Gasteiger partial charge is 0.469 e. The Bertz CT molecular complexity index is 389. The number of esters is 1. The molecule has 0 atom stereocenters. The van der Waals surface area contributed by atoms with Crippen LogP contribution < -0.4 is 10.6 Å². The van der Waals surface area contributed by atoms with Crippen molar-refractivity contribution >= 4 is 35.9 Å². The lowest BCUT2D eigenvalue weighted by Crippen LogP contribution is -2.37. The van der Waals surface area contributed by atoms with Gasteiger partial charge >= 0.3 is 5.97 Å². The minimum absolute atomic E-state index is 0. The van der Waals surface area contributed by atoms with Gasteiger partial charge in [-0.05, 0) is 39.0 Å². The Hall–Kier alpha value is -0.570. The minimum Gasteiger partial charge on any atom is -0.469 e. The van der Waals surface area contributed by atoms with Crippen LogP contribution >= 0.6 is 24.0 Å².